The van der Waals surface area contributed by atoms with Crippen LogP contribution in [-0.4, -0.2) is 13.1 Å². The van der Waals surface area contributed by atoms with Gasteiger partial charge in [-0.1, -0.05) is 0 Å². The first-order valence-electron chi connectivity index (χ1n) is 3.57. The zero-order valence-electron chi connectivity index (χ0n) is 5.69. The van der Waals surface area contributed by atoms with Crippen molar-refractivity contribution in [1.82, 2.24) is 5.32 Å². The fourth-order valence-corrected chi connectivity index (χ4v) is 0.789. The lowest BCUT2D eigenvalue weighted by atomic mass is 10.4. The average Bonchev–Trinajstić information content (AvgIpc) is 2.63. The Morgan fingerprint density at radius 3 is 2.89 bits per heavy atom. The third kappa shape index (κ3) is 3.16. The van der Waals surface area contributed by atoms with Crippen LogP contribution in [0.2, 0.25) is 0 Å². The first kappa shape index (κ1) is 6.64. The lowest BCUT2D eigenvalue weighted by Crippen LogP contribution is -2.17. The van der Waals surface area contributed by atoms with Gasteiger partial charge in [-0.05, 0) is 25.3 Å². The predicted octanol–water partition coefficient (Wildman–Crippen LogP) is 1.01. The maximum atomic E-state index is 5.07. The highest BCUT2D eigenvalue weighted by molar-refractivity contribution is 4.84. The summed E-state index contributed by atoms with van der Waals surface area (Å²) in [6, 6.07) is 0. The Hall–Kier alpha value is -0.480. The van der Waals surface area contributed by atoms with Crippen LogP contribution >= 0.6 is 0 Å². The van der Waals surface area contributed by atoms with Crippen LogP contribution in [0.15, 0.2) is 0 Å². The van der Waals surface area contributed by atoms with E-state index in [2.05, 4.69) is 11.2 Å². The van der Waals surface area contributed by atoms with E-state index in [4.69, 9.17) is 6.42 Å². The van der Waals surface area contributed by atoms with Crippen LogP contribution in [0.4, 0.5) is 0 Å². The van der Waals surface area contributed by atoms with E-state index >= 15 is 0 Å². The maximum absolute atomic E-state index is 5.07. The average molecular weight is 123 g/mol. The Morgan fingerprint density at radius 1 is 1.56 bits per heavy atom. The third-order valence-electron chi connectivity index (χ3n) is 1.58. The molecule has 1 nitrogen and oxygen atoms in total. The summed E-state index contributed by atoms with van der Waals surface area (Å²) in [5.41, 5.74) is 0. The lowest BCUT2D eigenvalue weighted by molar-refractivity contribution is 0.646. The summed E-state index contributed by atoms with van der Waals surface area (Å²) in [5, 5.41) is 3.31. The third-order valence-corrected chi connectivity index (χ3v) is 1.58. The molecule has 0 unspecified atom stereocenters. The van der Waals surface area contributed by atoms with E-state index in [9.17, 15) is 0 Å². The van der Waals surface area contributed by atoms with Crippen molar-refractivity contribution < 1.29 is 0 Å². The second kappa shape index (κ2) is 3.53. The molecule has 0 aliphatic heterocycles. The van der Waals surface area contributed by atoms with Gasteiger partial charge in [0.25, 0.3) is 0 Å². The van der Waals surface area contributed by atoms with Gasteiger partial charge < -0.3 is 5.32 Å². The van der Waals surface area contributed by atoms with E-state index in [0.717, 1.165) is 18.9 Å². The van der Waals surface area contributed by atoms with Crippen LogP contribution in [0.1, 0.15) is 19.3 Å². The normalized spacial score (nSPS) is 17.2. The molecular weight excluding hydrogens is 110 g/mol. The van der Waals surface area contributed by atoms with E-state index in [1.165, 1.54) is 19.4 Å². The smallest absolute Gasteiger partial charge is 0.0211 e. The highest BCUT2D eigenvalue weighted by Crippen LogP contribution is 2.27. The van der Waals surface area contributed by atoms with Crippen molar-refractivity contribution in [3.8, 4) is 12.3 Å². The Balaban J connectivity index is 1.77. The largest absolute Gasteiger partial charge is 0.316 e. The number of hydrogen-bond acceptors (Lipinski definition) is 1. The van der Waals surface area contributed by atoms with Crippen molar-refractivity contribution in [2.24, 2.45) is 5.92 Å². The van der Waals surface area contributed by atoms with Crippen molar-refractivity contribution >= 4 is 0 Å². The minimum atomic E-state index is 0.868. The molecule has 1 fully saturated rings. The van der Waals surface area contributed by atoms with Gasteiger partial charge in [-0.25, -0.2) is 0 Å². The summed E-state index contributed by atoms with van der Waals surface area (Å²) in [7, 11) is 0. The summed E-state index contributed by atoms with van der Waals surface area (Å²) < 4.78 is 0. The second-order valence-corrected chi connectivity index (χ2v) is 2.60. The summed E-state index contributed by atoms with van der Waals surface area (Å²) >= 11 is 0. The topological polar surface area (TPSA) is 12.0 Å². The van der Waals surface area contributed by atoms with Crippen molar-refractivity contribution in [3.63, 3.8) is 0 Å². The minimum Gasteiger partial charge on any atom is -0.316 e. The molecule has 0 heterocycles. The van der Waals surface area contributed by atoms with Gasteiger partial charge in [0.1, 0.15) is 0 Å². The van der Waals surface area contributed by atoms with Crippen molar-refractivity contribution in [3.05, 3.63) is 0 Å². The highest BCUT2D eigenvalue weighted by atomic mass is 14.9. The molecule has 0 radical (unpaired) electrons. The summed E-state index contributed by atoms with van der Waals surface area (Å²) in [4.78, 5) is 0. The van der Waals surface area contributed by atoms with Gasteiger partial charge in [0.2, 0.25) is 0 Å². The molecule has 1 aliphatic carbocycles. The van der Waals surface area contributed by atoms with Gasteiger partial charge in [-0.15, -0.1) is 12.3 Å². The van der Waals surface area contributed by atoms with Crippen LogP contribution in [0, 0.1) is 18.3 Å². The molecule has 1 saturated carbocycles. The fourth-order valence-electron chi connectivity index (χ4n) is 0.789. The second-order valence-electron chi connectivity index (χ2n) is 2.60. The Labute approximate surface area is 56.8 Å². The molecule has 0 aromatic heterocycles. The molecule has 0 atom stereocenters. The SMILES string of the molecule is C#CCCNCC1CC1. The Bertz CT molecular complexity index is 108. The van der Waals surface area contributed by atoms with E-state index in [1.807, 2.05) is 0 Å². The van der Waals surface area contributed by atoms with Gasteiger partial charge in [0.05, 0.1) is 0 Å². The zero-order chi connectivity index (χ0) is 6.53. The fraction of sp³-hybridized carbons (Fsp3) is 0.750. The van der Waals surface area contributed by atoms with Crippen molar-refractivity contribution in [1.29, 1.82) is 0 Å². The number of nitrogens with one attached hydrogen (secondary N) is 1. The molecular formula is C8H13N. The van der Waals surface area contributed by atoms with E-state index < -0.39 is 0 Å². The van der Waals surface area contributed by atoms with Gasteiger partial charge in [0.15, 0.2) is 0 Å². The molecule has 1 aliphatic rings. The molecule has 0 aromatic carbocycles. The molecule has 0 bridgehead atoms. The maximum Gasteiger partial charge on any atom is 0.0211 e. The zero-order valence-corrected chi connectivity index (χ0v) is 5.69. The summed E-state index contributed by atoms with van der Waals surface area (Å²) in [6.07, 6.45) is 8.78. The first-order chi connectivity index (χ1) is 4.43. The molecule has 0 amide bonds. The molecule has 0 aromatic rings. The molecule has 50 valence electrons. The summed E-state index contributed by atoms with van der Waals surface area (Å²) in [6.45, 7) is 2.18. The predicted molar refractivity (Wildman–Crippen MR) is 39.0 cm³/mol. The summed E-state index contributed by atoms with van der Waals surface area (Å²) in [5.74, 6) is 3.57. The molecule has 0 saturated heterocycles. The monoisotopic (exact) mass is 123 g/mol. The minimum absolute atomic E-state index is 0.868. The molecule has 9 heavy (non-hydrogen) atoms. The molecule has 1 N–H and O–H groups in total. The molecule has 1 heteroatoms. The number of rotatable bonds is 4. The quantitative estimate of drug-likeness (QED) is 0.434. The standard InChI is InChI=1S/C8H13N/c1-2-3-6-9-7-8-4-5-8/h1,8-9H,3-7H2. The molecule has 1 rings (SSSR count). The number of terminal acetylenes is 1. The van der Waals surface area contributed by atoms with Crippen molar-refractivity contribution in [2.75, 3.05) is 13.1 Å². The lowest BCUT2D eigenvalue weighted by Gasteiger charge is -1.97. The van der Waals surface area contributed by atoms with Crippen LogP contribution in [0.5, 0.6) is 0 Å². The Morgan fingerprint density at radius 2 is 2.33 bits per heavy atom. The molecule has 0 spiro atoms. The van der Waals surface area contributed by atoms with Gasteiger partial charge >= 0.3 is 0 Å². The van der Waals surface area contributed by atoms with Gasteiger partial charge in [0, 0.05) is 13.0 Å². The van der Waals surface area contributed by atoms with Crippen LogP contribution in [-0.2, 0) is 0 Å². The van der Waals surface area contributed by atoms with E-state index in [0.29, 0.717) is 0 Å². The van der Waals surface area contributed by atoms with E-state index in [-0.39, 0.29) is 0 Å². The van der Waals surface area contributed by atoms with Crippen molar-refractivity contribution in [2.45, 2.75) is 19.3 Å². The van der Waals surface area contributed by atoms with Gasteiger partial charge in [-0.3, -0.25) is 0 Å². The highest BCUT2D eigenvalue weighted by Gasteiger charge is 2.19. The number of hydrogen-bond donors (Lipinski definition) is 1. The Kier molecular flexibility index (Phi) is 2.60. The van der Waals surface area contributed by atoms with E-state index in [1.54, 1.807) is 0 Å². The first-order valence-corrected chi connectivity index (χ1v) is 3.57. The van der Waals surface area contributed by atoms with Crippen LogP contribution in [0.3, 0.4) is 0 Å². The van der Waals surface area contributed by atoms with Crippen LogP contribution in [0.25, 0.3) is 0 Å². The van der Waals surface area contributed by atoms with Crippen LogP contribution < -0.4 is 5.32 Å². The van der Waals surface area contributed by atoms with Gasteiger partial charge in [-0.2, -0.15) is 0 Å².